The van der Waals surface area contributed by atoms with Gasteiger partial charge in [0.15, 0.2) is 11.5 Å². The van der Waals surface area contributed by atoms with Gasteiger partial charge in [0.1, 0.15) is 11.6 Å². The molecule has 4 bridgehead atoms. The van der Waals surface area contributed by atoms with Crippen molar-refractivity contribution < 1.29 is 4.79 Å². The maximum Gasteiger partial charge on any atom is 0.231 e. The zero-order valence-corrected chi connectivity index (χ0v) is 19.7. The fraction of sp³-hybridized carbons (Fsp3) is 0.440. The Labute approximate surface area is 201 Å². The fourth-order valence-electron chi connectivity index (χ4n) is 6.93. The predicted molar refractivity (Wildman–Crippen MR) is 127 cm³/mol. The summed E-state index contributed by atoms with van der Waals surface area (Å²) in [4.78, 5) is 18.2. The van der Waals surface area contributed by atoms with Gasteiger partial charge in [-0.1, -0.05) is 29.3 Å². The fourth-order valence-corrected chi connectivity index (χ4v) is 7.43. The molecule has 0 unspecified atom stereocenters. The van der Waals surface area contributed by atoms with Gasteiger partial charge in [-0.3, -0.25) is 4.79 Å². The molecular weight excluding hydrogens is 457 g/mol. The Hall–Kier alpha value is -2.62. The van der Waals surface area contributed by atoms with E-state index >= 15 is 0 Å². The van der Waals surface area contributed by atoms with Crippen molar-refractivity contribution in [3.8, 4) is 17.2 Å². The SMILES string of the molecule is Cc1nn2c(NC(=O)C34CC5CC(CC(C5)C3)C4)c(C#N)cnc2c1-c1ccc(Cl)cc1Cl. The molecule has 0 atom stereocenters. The monoisotopic (exact) mass is 479 g/mol. The zero-order valence-electron chi connectivity index (χ0n) is 18.2. The molecule has 168 valence electrons. The minimum absolute atomic E-state index is 0.0184. The molecule has 0 radical (unpaired) electrons. The summed E-state index contributed by atoms with van der Waals surface area (Å²) in [5.74, 6) is 2.36. The van der Waals surface area contributed by atoms with Crippen LogP contribution in [0.25, 0.3) is 16.8 Å². The molecule has 2 aromatic heterocycles. The second kappa shape index (κ2) is 7.44. The Morgan fingerprint density at radius 1 is 1.18 bits per heavy atom. The minimum Gasteiger partial charge on any atom is -0.309 e. The number of hydrogen-bond acceptors (Lipinski definition) is 4. The highest BCUT2D eigenvalue weighted by Crippen LogP contribution is 2.60. The first kappa shape index (κ1) is 20.9. The van der Waals surface area contributed by atoms with Crippen LogP contribution in [0, 0.1) is 41.4 Å². The highest BCUT2D eigenvalue weighted by Gasteiger charge is 2.54. The average molecular weight is 480 g/mol. The van der Waals surface area contributed by atoms with Crippen LogP contribution in [-0.2, 0) is 4.79 Å². The number of carbonyl (C=O) groups is 1. The van der Waals surface area contributed by atoms with Gasteiger partial charge in [0.2, 0.25) is 5.91 Å². The van der Waals surface area contributed by atoms with Gasteiger partial charge in [-0.2, -0.15) is 14.9 Å². The zero-order chi connectivity index (χ0) is 22.9. The molecule has 1 N–H and O–H groups in total. The predicted octanol–water partition coefficient (Wildman–Crippen LogP) is 6.04. The van der Waals surface area contributed by atoms with E-state index in [9.17, 15) is 10.1 Å². The third-order valence-corrected chi connectivity index (χ3v) is 8.44. The molecule has 6 nitrogen and oxygen atoms in total. The normalized spacial score (nSPS) is 27.6. The number of rotatable bonds is 3. The van der Waals surface area contributed by atoms with Crippen molar-refractivity contribution in [1.29, 1.82) is 5.26 Å². The van der Waals surface area contributed by atoms with Gasteiger partial charge >= 0.3 is 0 Å². The van der Waals surface area contributed by atoms with Gasteiger partial charge in [0.05, 0.1) is 27.9 Å². The molecule has 0 aliphatic heterocycles. The molecule has 3 aromatic rings. The van der Waals surface area contributed by atoms with Gasteiger partial charge < -0.3 is 5.32 Å². The van der Waals surface area contributed by atoms with Crippen LogP contribution in [0.5, 0.6) is 0 Å². The Bertz CT molecular complexity index is 1320. The van der Waals surface area contributed by atoms with Crippen molar-refractivity contribution in [3.63, 3.8) is 0 Å². The summed E-state index contributed by atoms with van der Waals surface area (Å²) in [5, 5.41) is 18.6. The number of amides is 1. The third-order valence-electron chi connectivity index (χ3n) is 7.89. The molecule has 2 heterocycles. The van der Waals surface area contributed by atoms with Crippen LogP contribution in [0.1, 0.15) is 49.8 Å². The number of halogens is 2. The molecule has 33 heavy (non-hydrogen) atoms. The molecule has 0 saturated heterocycles. The molecule has 4 fully saturated rings. The quantitative estimate of drug-likeness (QED) is 0.496. The van der Waals surface area contributed by atoms with E-state index in [0.29, 0.717) is 45.0 Å². The highest BCUT2D eigenvalue weighted by molar-refractivity contribution is 6.36. The lowest BCUT2D eigenvalue weighted by Crippen LogP contribution is -2.52. The van der Waals surface area contributed by atoms with Gasteiger partial charge in [-0.25, -0.2) is 4.98 Å². The number of hydrogen-bond donors (Lipinski definition) is 1. The third kappa shape index (κ3) is 3.25. The second-order valence-electron chi connectivity index (χ2n) is 10.1. The van der Waals surface area contributed by atoms with Crippen molar-refractivity contribution in [3.05, 3.63) is 45.7 Å². The maximum atomic E-state index is 13.7. The topological polar surface area (TPSA) is 83.1 Å². The first-order valence-electron chi connectivity index (χ1n) is 11.4. The second-order valence-corrected chi connectivity index (χ2v) is 10.9. The summed E-state index contributed by atoms with van der Waals surface area (Å²) in [6, 6.07) is 7.46. The molecule has 4 aliphatic rings. The summed E-state index contributed by atoms with van der Waals surface area (Å²) in [6.45, 7) is 1.87. The van der Waals surface area contributed by atoms with Crippen molar-refractivity contribution in [1.82, 2.24) is 14.6 Å². The van der Waals surface area contributed by atoms with Gasteiger partial charge in [-0.15, -0.1) is 0 Å². The van der Waals surface area contributed by atoms with Crippen LogP contribution in [0.3, 0.4) is 0 Å². The van der Waals surface area contributed by atoms with Crippen molar-refractivity contribution in [2.45, 2.75) is 45.4 Å². The molecule has 8 heteroatoms. The molecule has 4 saturated carbocycles. The summed E-state index contributed by atoms with van der Waals surface area (Å²) in [7, 11) is 0. The van der Waals surface area contributed by atoms with Crippen LogP contribution in [0.15, 0.2) is 24.4 Å². The Kier molecular flexibility index (Phi) is 4.73. The number of nitrogens with zero attached hydrogens (tertiary/aromatic N) is 4. The van der Waals surface area contributed by atoms with Crippen molar-refractivity contribution >= 4 is 40.6 Å². The smallest absolute Gasteiger partial charge is 0.231 e. The lowest BCUT2D eigenvalue weighted by Gasteiger charge is -2.55. The molecule has 0 spiro atoms. The largest absolute Gasteiger partial charge is 0.309 e. The van der Waals surface area contributed by atoms with E-state index in [2.05, 4.69) is 21.5 Å². The Morgan fingerprint density at radius 3 is 2.45 bits per heavy atom. The molecule has 7 rings (SSSR count). The van der Waals surface area contributed by atoms with Gasteiger partial charge in [0, 0.05) is 10.6 Å². The lowest BCUT2D eigenvalue weighted by atomic mass is 9.49. The van der Waals surface area contributed by atoms with E-state index in [1.54, 1.807) is 16.6 Å². The Balaban J connectivity index is 1.44. The molecular formula is C25H23Cl2N5O. The summed E-state index contributed by atoms with van der Waals surface area (Å²) >= 11 is 12.6. The molecule has 1 amide bonds. The number of aromatic nitrogens is 3. The van der Waals surface area contributed by atoms with Crippen LogP contribution >= 0.6 is 23.2 Å². The number of fused-ring (bicyclic) bond motifs is 1. The number of nitriles is 1. The average Bonchev–Trinajstić information content (AvgIpc) is 3.09. The van der Waals surface area contributed by atoms with Crippen LogP contribution in [-0.4, -0.2) is 20.5 Å². The molecule has 4 aliphatic carbocycles. The van der Waals surface area contributed by atoms with E-state index in [1.807, 2.05) is 13.0 Å². The van der Waals surface area contributed by atoms with E-state index < -0.39 is 0 Å². The van der Waals surface area contributed by atoms with Crippen LogP contribution < -0.4 is 5.32 Å². The van der Waals surface area contributed by atoms with E-state index in [1.165, 1.54) is 25.5 Å². The first-order valence-corrected chi connectivity index (χ1v) is 12.2. The van der Waals surface area contributed by atoms with Crippen molar-refractivity contribution in [2.24, 2.45) is 23.2 Å². The highest BCUT2D eigenvalue weighted by atomic mass is 35.5. The number of aryl methyl sites for hydroxylation is 1. The Morgan fingerprint density at radius 2 is 1.85 bits per heavy atom. The van der Waals surface area contributed by atoms with Gasteiger partial charge in [0.25, 0.3) is 0 Å². The van der Waals surface area contributed by atoms with Crippen molar-refractivity contribution in [2.75, 3.05) is 5.32 Å². The van der Waals surface area contributed by atoms with Gasteiger partial charge in [-0.05, 0) is 75.3 Å². The summed E-state index contributed by atoms with van der Waals surface area (Å²) in [6.07, 6.45) is 8.14. The molecule has 1 aromatic carbocycles. The standard InChI is InChI=1S/C25H23Cl2N5O/c1-13-21(19-3-2-18(26)7-20(19)27)23-29-12-17(11-28)22(32(23)31-13)30-24(33)25-8-14-4-15(9-25)6-16(5-14)10-25/h2-3,7,12,14-16H,4-6,8-10H2,1H3,(H,30,33). The van der Waals surface area contributed by atoms with E-state index in [4.69, 9.17) is 23.2 Å². The van der Waals surface area contributed by atoms with E-state index in [-0.39, 0.29) is 16.9 Å². The number of benzene rings is 1. The summed E-state index contributed by atoms with van der Waals surface area (Å²) in [5.41, 5.74) is 2.71. The number of nitrogens with one attached hydrogen (secondary N) is 1. The maximum absolute atomic E-state index is 13.7. The number of carbonyl (C=O) groups excluding carboxylic acids is 1. The summed E-state index contributed by atoms with van der Waals surface area (Å²) < 4.78 is 1.58. The van der Waals surface area contributed by atoms with Crippen LogP contribution in [0.4, 0.5) is 5.82 Å². The van der Waals surface area contributed by atoms with E-state index in [0.717, 1.165) is 30.4 Å². The lowest BCUT2D eigenvalue weighted by molar-refractivity contribution is -0.140. The first-order chi connectivity index (χ1) is 15.9. The number of anilines is 1. The van der Waals surface area contributed by atoms with Crippen LogP contribution in [0.2, 0.25) is 10.0 Å². The minimum atomic E-state index is -0.332.